The highest BCUT2D eigenvalue weighted by Gasteiger charge is 2.14. The minimum Gasteiger partial charge on any atom is -0.508 e. The van der Waals surface area contributed by atoms with E-state index in [-0.39, 0.29) is 11.8 Å². The average Bonchev–Trinajstić information content (AvgIpc) is 3.16. The third-order valence-corrected chi connectivity index (χ3v) is 4.92. The molecule has 0 aliphatic heterocycles. The zero-order valence-electron chi connectivity index (χ0n) is 17.7. The first kappa shape index (κ1) is 20.6. The van der Waals surface area contributed by atoms with Gasteiger partial charge in [-0.15, -0.1) is 0 Å². The lowest BCUT2D eigenvalue weighted by Gasteiger charge is -2.13. The Balaban J connectivity index is 1.67. The van der Waals surface area contributed by atoms with E-state index in [9.17, 15) is 5.11 Å². The number of phenols is 1. The molecule has 8 nitrogen and oxygen atoms in total. The van der Waals surface area contributed by atoms with Crippen molar-refractivity contribution in [2.75, 3.05) is 17.2 Å². The maximum atomic E-state index is 10.2. The van der Waals surface area contributed by atoms with Crippen LogP contribution >= 0.6 is 0 Å². The Hall–Kier alpha value is -3.65. The number of nitrogens with two attached hydrogens (primary N) is 1. The molecule has 31 heavy (non-hydrogen) atoms. The number of rotatable bonds is 8. The van der Waals surface area contributed by atoms with Crippen molar-refractivity contribution in [2.24, 2.45) is 5.73 Å². The van der Waals surface area contributed by atoms with E-state index in [1.807, 2.05) is 48.7 Å². The van der Waals surface area contributed by atoms with Crippen LogP contribution in [0.5, 0.6) is 5.75 Å². The summed E-state index contributed by atoms with van der Waals surface area (Å²) in [7, 11) is 0. The minimum absolute atomic E-state index is 0.0332. The number of anilines is 2. The topological polar surface area (TPSA) is 114 Å². The van der Waals surface area contributed by atoms with Gasteiger partial charge in [-0.05, 0) is 25.5 Å². The minimum atomic E-state index is -0.0332. The Morgan fingerprint density at radius 3 is 2.68 bits per heavy atom. The van der Waals surface area contributed by atoms with Crippen LogP contribution in [0.4, 0.5) is 11.8 Å². The number of nitrogens with zero attached hydrogens (tertiary/aromatic N) is 4. The number of imidazole rings is 1. The Kier molecular flexibility index (Phi) is 5.99. The molecule has 1 unspecified atom stereocenters. The van der Waals surface area contributed by atoms with Crippen molar-refractivity contribution in [1.29, 1.82) is 0 Å². The van der Waals surface area contributed by atoms with Crippen LogP contribution in [0.2, 0.25) is 0 Å². The van der Waals surface area contributed by atoms with Crippen LogP contribution in [0.1, 0.15) is 23.6 Å². The number of phenolic OH excluding ortho intramolecular Hbond substituents is 1. The average molecular weight is 418 g/mol. The maximum absolute atomic E-state index is 10.2. The second kappa shape index (κ2) is 9.01. The SMILES string of the molecule is Cc1ccc(O)c(CNc2nc(NCC(C)N)nc3c2ncn3Cc2ccccc2)c1. The lowest BCUT2D eigenvalue weighted by molar-refractivity contribution is 0.469. The van der Waals surface area contributed by atoms with Crippen LogP contribution < -0.4 is 16.4 Å². The first-order valence-corrected chi connectivity index (χ1v) is 10.3. The van der Waals surface area contributed by atoms with E-state index >= 15 is 0 Å². The van der Waals surface area contributed by atoms with E-state index < -0.39 is 0 Å². The van der Waals surface area contributed by atoms with Crippen LogP contribution in [0.3, 0.4) is 0 Å². The fraction of sp³-hybridized carbons (Fsp3) is 0.261. The molecule has 4 rings (SSSR count). The van der Waals surface area contributed by atoms with E-state index in [2.05, 4.69) is 37.7 Å². The van der Waals surface area contributed by atoms with Gasteiger partial charge in [-0.2, -0.15) is 9.97 Å². The predicted molar refractivity (Wildman–Crippen MR) is 123 cm³/mol. The Morgan fingerprint density at radius 2 is 1.90 bits per heavy atom. The van der Waals surface area contributed by atoms with Gasteiger partial charge in [0.25, 0.3) is 0 Å². The van der Waals surface area contributed by atoms with E-state index in [0.29, 0.717) is 36.9 Å². The molecule has 0 saturated carbocycles. The lowest BCUT2D eigenvalue weighted by Crippen LogP contribution is -2.26. The van der Waals surface area contributed by atoms with Crippen molar-refractivity contribution in [3.63, 3.8) is 0 Å². The summed E-state index contributed by atoms with van der Waals surface area (Å²) >= 11 is 0. The quantitative estimate of drug-likeness (QED) is 0.348. The van der Waals surface area contributed by atoms with Gasteiger partial charge in [0.15, 0.2) is 17.0 Å². The molecule has 2 heterocycles. The molecule has 0 radical (unpaired) electrons. The zero-order chi connectivity index (χ0) is 21.8. The van der Waals surface area contributed by atoms with Crippen molar-refractivity contribution < 1.29 is 5.11 Å². The second-order valence-corrected chi connectivity index (χ2v) is 7.77. The zero-order valence-corrected chi connectivity index (χ0v) is 17.7. The summed E-state index contributed by atoms with van der Waals surface area (Å²) in [6.45, 7) is 5.53. The molecule has 2 aromatic heterocycles. The van der Waals surface area contributed by atoms with Crippen LogP contribution in [-0.2, 0) is 13.1 Å². The number of aromatic nitrogens is 4. The molecule has 0 aliphatic rings. The maximum Gasteiger partial charge on any atom is 0.226 e. The monoisotopic (exact) mass is 417 g/mol. The lowest BCUT2D eigenvalue weighted by atomic mass is 10.1. The molecule has 0 aliphatic carbocycles. The van der Waals surface area contributed by atoms with Gasteiger partial charge in [0.1, 0.15) is 5.75 Å². The molecular formula is C23H27N7O. The number of aryl methyl sites for hydroxylation is 1. The molecule has 0 fully saturated rings. The van der Waals surface area contributed by atoms with Crippen molar-refractivity contribution in [2.45, 2.75) is 33.0 Å². The normalized spacial score (nSPS) is 12.1. The van der Waals surface area contributed by atoms with Gasteiger partial charge in [-0.1, -0.05) is 48.0 Å². The molecule has 0 spiro atoms. The van der Waals surface area contributed by atoms with Gasteiger partial charge in [0.2, 0.25) is 5.95 Å². The van der Waals surface area contributed by atoms with E-state index in [4.69, 9.17) is 5.73 Å². The molecule has 4 aromatic rings. The summed E-state index contributed by atoms with van der Waals surface area (Å²) in [4.78, 5) is 13.9. The summed E-state index contributed by atoms with van der Waals surface area (Å²) in [6.07, 6.45) is 1.77. The van der Waals surface area contributed by atoms with Gasteiger partial charge >= 0.3 is 0 Å². The predicted octanol–water partition coefficient (Wildman–Crippen LogP) is 3.26. The first-order valence-electron chi connectivity index (χ1n) is 10.3. The number of nitrogens with one attached hydrogen (secondary N) is 2. The van der Waals surface area contributed by atoms with Crippen LogP contribution in [0, 0.1) is 6.92 Å². The van der Waals surface area contributed by atoms with Gasteiger partial charge in [-0.25, -0.2) is 4.98 Å². The first-order chi connectivity index (χ1) is 15.0. The van der Waals surface area contributed by atoms with Crippen LogP contribution in [-0.4, -0.2) is 37.2 Å². The van der Waals surface area contributed by atoms with Crippen molar-refractivity contribution in [1.82, 2.24) is 19.5 Å². The molecule has 0 saturated heterocycles. The fourth-order valence-electron chi connectivity index (χ4n) is 3.33. The molecule has 8 heteroatoms. The molecule has 0 amide bonds. The molecular weight excluding hydrogens is 390 g/mol. The standard InChI is InChI=1S/C23H27N7O/c1-15-8-9-19(31)18(10-15)12-25-21-20-22(29-23(28-21)26-11-16(2)24)30(14-27-20)13-17-6-4-3-5-7-17/h3-10,14,16,31H,11-13,24H2,1-2H3,(H2,25,26,28,29). The Morgan fingerprint density at radius 1 is 1.10 bits per heavy atom. The Bertz CT molecular complexity index is 1170. The summed E-state index contributed by atoms with van der Waals surface area (Å²) in [5.74, 6) is 1.33. The molecule has 5 N–H and O–H groups in total. The van der Waals surface area contributed by atoms with E-state index in [0.717, 1.165) is 22.3 Å². The second-order valence-electron chi connectivity index (χ2n) is 7.77. The van der Waals surface area contributed by atoms with Crippen molar-refractivity contribution >= 4 is 22.9 Å². The summed E-state index contributed by atoms with van der Waals surface area (Å²) < 4.78 is 2.00. The van der Waals surface area contributed by atoms with Crippen LogP contribution in [0.15, 0.2) is 54.9 Å². The number of hydrogen-bond acceptors (Lipinski definition) is 7. The fourth-order valence-corrected chi connectivity index (χ4v) is 3.33. The largest absolute Gasteiger partial charge is 0.508 e. The smallest absolute Gasteiger partial charge is 0.226 e. The highest BCUT2D eigenvalue weighted by atomic mass is 16.3. The third kappa shape index (κ3) is 4.92. The van der Waals surface area contributed by atoms with E-state index in [1.165, 1.54) is 0 Å². The molecule has 1 atom stereocenters. The number of hydrogen-bond donors (Lipinski definition) is 4. The van der Waals surface area contributed by atoms with Crippen LogP contribution in [0.25, 0.3) is 11.2 Å². The summed E-state index contributed by atoms with van der Waals surface area (Å²) in [5, 5.41) is 16.7. The van der Waals surface area contributed by atoms with Gasteiger partial charge < -0.3 is 26.0 Å². The summed E-state index contributed by atoms with van der Waals surface area (Å²) in [5.41, 5.74) is 10.3. The summed E-state index contributed by atoms with van der Waals surface area (Å²) in [6, 6.07) is 15.7. The highest BCUT2D eigenvalue weighted by Crippen LogP contribution is 2.24. The number of aromatic hydroxyl groups is 1. The molecule has 2 aromatic carbocycles. The number of benzene rings is 2. The molecule has 0 bridgehead atoms. The Labute approximate surface area is 181 Å². The highest BCUT2D eigenvalue weighted by molar-refractivity contribution is 5.84. The van der Waals surface area contributed by atoms with Gasteiger partial charge in [0, 0.05) is 24.7 Å². The molecule has 160 valence electrons. The van der Waals surface area contributed by atoms with Crippen molar-refractivity contribution in [3.05, 3.63) is 71.5 Å². The van der Waals surface area contributed by atoms with E-state index in [1.54, 1.807) is 12.4 Å². The third-order valence-electron chi connectivity index (χ3n) is 4.92. The van der Waals surface area contributed by atoms with Crippen molar-refractivity contribution in [3.8, 4) is 5.75 Å². The van der Waals surface area contributed by atoms with Gasteiger partial charge in [0.05, 0.1) is 12.9 Å². The number of fused-ring (bicyclic) bond motifs is 1. The van der Waals surface area contributed by atoms with Gasteiger partial charge in [-0.3, -0.25) is 0 Å².